The normalized spacial score (nSPS) is 17.7. The number of ether oxygens (including phenoxy) is 2. The molecule has 170 valence electrons. The first-order valence-corrected chi connectivity index (χ1v) is 25.6. The van der Waals surface area contributed by atoms with Crippen LogP contribution in [0.3, 0.4) is 0 Å². The van der Waals surface area contributed by atoms with Gasteiger partial charge < -0.3 is 34.2 Å². The second-order valence-corrected chi connectivity index (χ2v) is 18.9. The van der Waals surface area contributed by atoms with E-state index in [4.69, 9.17) is 34.2 Å². The molecule has 0 aliphatic heterocycles. The maximum absolute atomic E-state index is 10.8. The van der Waals surface area contributed by atoms with E-state index >= 15 is 0 Å². The average Bonchev–Trinajstić information content (AvgIpc) is 2.62. The van der Waals surface area contributed by atoms with Crippen LogP contribution in [0, 0.1) is 0 Å². The highest BCUT2D eigenvalue weighted by atomic mass is 28.5. The number of hydrogen-bond acceptors (Lipinski definition) is 9. The summed E-state index contributed by atoms with van der Waals surface area (Å²) in [6.07, 6.45) is 0.709. The highest BCUT2D eigenvalue weighted by Crippen LogP contribution is 2.09. The lowest BCUT2D eigenvalue weighted by Crippen LogP contribution is -2.52. The Labute approximate surface area is 186 Å². The van der Waals surface area contributed by atoms with Gasteiger partial charge in [0.05, 0.1) is 0 Å². The summed E-state index contributed by atoms with van der Waals surface area (Å²) in [4.78, 5) is 10.8. The molecule has 0 fully saturated rings. The Balaban J connectivity index is 0. The zero-order valence-electron chi connectivity index (χ0n) is 18.8. The molecule has 0 aromatic carbocycles. The standard InChI is InChI=1S/C6H20O5Si4.C5H20O4Si4/c1-6(7)8-5-15(9-12-2,10-13-3)11-14-4;1-6-5-13(7-10-2,8-11-3)9-12-4/h5,12-14H2,1-4H3;5,10-12H2,1-4H3. The van der Waals surface area contributed by atoms with E-state index < -0.39 is 76.2 Å². The molecule has 0 spiro atoms. The van der Waals surface area contributed by atoms with E-state index in [1.54, 1.807) is 7.11 Å². The van der Waals surface area contributed by atoms with E-state index in [2.05, 4.69) is 19.6 Å². The lowest BCUT2D eigenvalue weighted by molar-refractivity contribution is -0.140. The third kappa shape index (κ3) is 14.8. The van der Waals surface area contributed by atoms with Gasteiger partial charge in [0.2, 0.25) is 0 Å². The number of carbonyl (C=O) groups is 1. The van der Waals surface area contributed by atoms with Gasteiger partial charge in [0.1, 0.15) is 64.8 Å². The molecule has 0 rings (SSSR count). The SMILES string of the molecule is COC[Si](O[SiH2]C)(O[SiH2]C)O[SiH2]C.C[SiH2]O[Si](COC(C)=O)(O[SiH2]C)O[SiH2]C. The van der Waals surface area contributed by atoms with Crippen molar-refractivity contribution >= 4 is 82.2 Å². The molecule has 0 bridgehead atoms. The van der Waals surface area contributed by atoms with E-state index in [9.17, 15) is 4.79 Å². The summed E-state index contributed by atoms with van der Waals surface area (Å²) in [5.41, 5.74) is 0. The molecule has 0 radical (unpaired) electrons. The van der Waals surface area contributed by atoms with Crippen LogP contribution < -0.4 is 0 Å². The van der Waals surface area contributed by atoms with Crippen molar-refractivity contribution in [2.24, 2.45) is 0 Å². The predicted molar refractivity (Wildman–Crippen MR) is 133 cm³/mol. The monoisotopic (exact) mass is 540 g/mol. The van der Waals surface area contributed by atoms with E-state index in [1.807, 2.05) is 19.6 Å². The molecule has 0 saturated carbocycles. The zero-order valence-corrected chi connectivity index (χ0v) is 29.3. The fourth-order valence-corrected chi connectivity index (χ4v) is 22.0. The Hall–Kier alpha value is 0.925. The topological polar surface area (TPSA) is 90.9 Å². The van der Waals surface area contributed by atoms with Gasteiger partial charge in [-0.15, -0.1) is 0 Å². The highest BCUT2D eigenvalue weighted by molar-refractivity contribution is 6.74. The second kappa shape index (κ2) is 19.9. The number of rotatable bonds is 16. The van der Waals surface area contributed by atoms with Crippen molar-refractivity contribution in [3.05, 3.63) is 0 Å². The van der Waals surface area contributed by atoms with Gasteiger partial charge in [-0.05, 0) is 0 Å². The van der Waals surface area contributed by atoms with Crippen molar-refractivity contribution in [2.45, 2.75) is 46.2 Å². The van der Waals surface area contributed by atoms with Crippen LogP contribution >= 0.6 is 0 Å². The number of esters is 1. The smallest absolute Gasteiger partial charge is 0.461 e. The highest BCUT2D eigenvalue weighted by Gasteiger charge is 2.40. The van der Waals surface area contributed by atoms with Gasteiger partial charge >= 0.3 is 23.6 Å². The summed E-state index contributed by atoms with van der Waals surface area (Å²) in [5.74, 6) is -0.309. The van der Waals surface area contributed by atoms with Gasteiger partial charge in [0.25, 0.3) is 0 Å². The van der Waals surface area contributed by atoms with Crippen molar-refractivity contribution in [1.82, 2.24) is 0 Å². The molecule has 0 unspecified atom stereocenters. The van der Waals surface area contributed by atoms with Crippen LogP contribution in [0.2, 0.25) is 39.3 Å². The molecule has 0 atom stereocenters. The number of hydrogen-bond donors (Lipinski definition) is 0. The molecule has 0 amide bonds. The Morgan fingerprint density at radius 1 is 0.643 bits per heavy atom. The summed E-state index contributed by atoms with van der Waals surface area (Å²) >= 11 is 0. The fraction of sp³-hybridized carbons (Fsp3) is 0.909. The van der Waals surface area contributed by atoms with Gasteiger partial charge in [0.15, 0.2) is 6.23 Å². The third-order valence-electron chi connectivity index (χ3n) is 2.96. The fourth-order valence-electron chi connectivity index (χ4n) is 2.19. The van der Waals surface area contributed by atoms with Crippen LogP contribution in [0.4, 0.5) is 0 Å². The lowest BCUT2D eigenvalue weighted by Gasteiger charge is -2.29. The van der Waals surface area contributed by atoms with Crippen LogP contribution in [-0.4, -0.2) is 102 Å². The largest absolute Gasteiger partial charge is 0.508 e. The maximum atomic E-state index is 10.8. The van der Waals surface area contributed by atoms with E-state index in [0.717, 1.165) is 0 Å². The summed E-state index contributed by atoms with van der Waals surface area (Å²) in [6, 6.07) is 0. The molecule has 9 nitrogen and oxygen atoms in total. The van der Waals surface area contributed by atoms with Crippen LogP contribution in [-0.2, 0) is 39.0 Å². The minimum absolute atomic E-state index is 0.185. The first-order chi connectivity index (χ1) is 13.3. The molecule has 0 aliphatic carbocycles. The Morgan fingerprint density at radius 3 is 1.14 bits per heavy atom. The van der Waals surface area contributed by atoms with Gasteiger partial charge in [-0.25, -0.2) is 0 Å². The molecule has 0 aromatic heterocycles. The number of carbonyl (C=O) groups excluding carboxylic acids is 1. The summed E-state index contributed by atoms with van der Waals surface area (Å²) in [6.45, 7) is 13.7. The van der Waals surface area contributed by atoms with Crippen LogP contribution in [0.25, 0.3) is 0 Å². The summed E-state index contributed by atoms with van der Waals surface area (Å²) < 4.78 is 44.3. The molecule has 0 aromatic rings. The van der Waals surface area contributed by atoms with Crippen molar-refractivity contribution in [3.8, 4) is 0 Å². The molecule has 0 aliphatic rings. The van der Waals surface area contributed by atoms with Gasteiger partial charge in [-0.3, -0.25) is 4.79 Å². The van der Waals surface area contributed by atoms with E-state index in [1.165, 1.54) is 6.92 Å². The minimum atomic E-state index is -2.62. The predicted octanol–water partition coefficient (Wildman–Crippen LogP) is -2.97. The van der Waals surface area contributed by atoms with E-state index in [-0.39, 0.29) is 12.2 Å². The molecule has 28 heavy (non-hydrogen) atoms. The summed E-state index contributed by atoms with van der Waals surface area (Å²) in [7, 11) is -6.54. The lowest BCUT2D eigenvalue weighted by atomic mass is 10.8. The van der Waals surface area contributed by atoms with Crippen LogP contribution in [0.1, 0.15) is 6.92 Å². The Morgan fingerprint density at radius 2 is 0.929 bits per heavy atom. The van der Waals surface area contributed by atoms with Crippen molar-refractivity contribution in [1.29, 1.82) is 0 Å². The quantitative estimate of drug-likeness (QED) is 0.150. The first-order valence-electron chi connectivity index (χ1n) is 9.80. The van der Waals surface area contributed by atoms with Crippen molar-refractivity contribution < 1.29 is 39.0 Å². The summed E-state index contributed by atoms with van der Waals surface area (Å²) in [5, 5.41) is 0. The van der Waals surface area contributed by atoms with Gasteiger partial charge in [-0.2, -0.15) is 0 Å². The van der Waals surface area contributed by atoms with Crippen molar-refractivity contribution in [2.75, 3.05) is 19.6 Å². The van der Waals surface area contributed by atoms with Crippen LogP contribution in [0.15, 0.2) is 0 Å². The van der Waals surface area contributed by atoms with Crippen molar-refractivity contribution in [3.63, 3.8) is 0 Å². The maximum Gasteiger partial charge on any atom is 0.508 e. The number of methoxy groups -OCH3 is 1. The Bertz CT molecular complexity index is 335. The third-order valence-corrected chi connectivity index (χ3v) is 21.6. The molecule has 17 heteroatoms. The average molecular weight is 541 g/mol. The molecular weight excluding hydrogens is 501 g/mol. The molecular formula is C11H40O9Si8. The van der Waals surface area contributed by atoms with Gasteiger partial charge in [0, 0.05) is 14.0 Å². The molecule has 0 heterocycles. The Kier molecular flexibility index (Phi) is 22.1. The molecule has 0 N–H and O–H groups in total. The minimum Gasteiger partial charge on any atom is -0.461 e. The molecule has 0 saturated heterocycles. The van der Waals surface area contributed by atoms with E-state index in [0.29, 0.717) is 6.23 Å². The zero-order chi connectivity index (χ0) is 21.9. The second-order valence-electron chi connectivity index (χ2n) is 5.18. The first kappa shape index (κ1) is 31.1. The van der Waals surface area contributed by atoms with Crippen LogP contribution in [0.5, 0.6) is 0 Å². The van der Waals surface area contributed by atoms with Gasteiger partial charge in [-0.1, -0.05) is 39.3 Å².